The van der Waals surface area contributed by atoms with Gasteiger partial charge in [0.25, 0.3) is 0 Å². The van der Waals surface area contributed by atoms with Crippen LogP contribution in [0.2, 0.25) is 5.02 Å². The summed E-state index contributed by atoms with van der Waals surface area (Å²) in [6.45, 7) is -0.0328. The zero-order valence-corrected chi connectivity index (χ0v) is 24.5. The first-order valence-corrected chi connectivity index (χ1v) is 14.3. The summed E-state index contributed by atoms with van der Waals surface area (Å²) >= 11 is 6.17. The van der Waals surface area contributed by atoms with Crippen molar-refractivity contribution in [2.24, 2.45) is 0 Å². The summed E-state index contributed by atoms with van der Waals surface area (Å²) in [6, 6.07) is 19.8. The van der Waals surface area contributed by atoms with Crippen molar-refractivity contribution >= 4 is 52.9 Å². The number of halogens is 1. The molecule has 0 spiro atoms. The molecule has 5 rings (SSSR count). The molecule has 2 unspecified atom stereocenters. The highest BCUT2D eigenvalue weighted by Gasteiger charge is 2.25. The highest BCUT2D eigenvalue weighted by molar-refractivity contribution is 6.30. The Balaban J connectivity index is 1.21. The van der Waals surface area contributed by atoms with Crippen molar-refractivity contribution in [3.05, 3.63) is 101 Å². The Bertz CT molecular complexity index is 1680. The number of anilines is 2. The van der Waals surface area contributed by atoms with Gasteiger partial charge in [0.2, 0.25) is 11.8 Å². The molecule has 2 atom stereocenters. The van der Waals surface area contributed by atoms with Gasteiger partial charge in [-0.3, -0.25) is 19.7 Å². The maximum Gasteiger partial charge on any atom is 0.411 e. The van der Waals surface area contributed by atoms with Crippen molar-refractivity contribution in [1.29, 1.82) is 0 Å². The van der Waals surface area contributed by atoms with E-state index in [9.17, 15) is 19.2 Å². The number of hydrogen-bond acceptors (Lipinski definition) is 9. The van der Waals surface area contributed by atoms with Crippen LogP contribution >= 0.6 is 11.6 Å². The molecular formula is C31H28ClN7O6. The van der Waals surface area contributed by atoms with Gasteiger partial charge in [-0.15, -0.1) is 5.10 Å². The number of amides is 3. The van der Waals surface area contributed by atoms with Crippen LogP contribution in [-0.4, -0.2) is 62.8 Å². The summed E-state index contributed by atoms with van der Waals surface area (Å²) in [5.41, 5.74) is 2.93. The lowest BCUT2D eigenvalue weighted by Gasteiger charge is -2.18. The SMILES string of the molecule is O=C(C=Cc1cc(Cl)ccc1-n1cnnn1)NC(Cc1ccccc1)C(=O)Nc1ccc(NC(=O)OCC2CCC(=O)O2)cc1. The van der Waals surface area contributed by atoms with E-state index in [1.165, 1.54) is 17.1 Å². The van der Waals surface area contributed by atoms with E-state index in [1.807, 2.05) is 30.3 Å². The normalized spacial score (nSPS) is 14.9. The summed E-state index contributed by atoms with van der Waals surface area (Å²) in [5, 5.41) is 19.8. The summed E-state index contributed by atoms with van der Waals surface area (Å²) in [4.78, 5) is 49.7. The fourth-order valence-electron chi connectivity index (χ4n) is 4.47. The summed E-state index contributed by atoms with van der Waals surface area (Å²) in [5.74, 6) is -1.25. The second-order valence-corrected chi connectivity index (χ2v) is 10.4. The number of cyclic esters (lactones) is 1. The van der Waals surface area contributed by atoms with Gasteiger partial charge in [0.15, 0.2) is 0 Å². The van der Waals surface area contributed by atoms with Crippen LogP contribution in [0.1, 0.15) is 24.0 Å². The predicted octanol–water partition coefficient (Wildman–Crippen LogP) is 3.95. The number of tetrazole rings is 1. The molecule has 4 aromatic rings. The van der Waals surface area contributed by atoms with E-state index < -0.39 is 30.1 Å². The summed E-state index contributed by atoms with van der Waals surface area (Å²) in [7, 11) is 0. The first-order chi connectivity index (χ1) is 21.8. The molecule has 0 aliphatic carbocycles. The summed E-state index contributed by atoms with van der Waals surface area (Å²) < 4.78 is 11.6. The predicted molar refractivity (Wildman–Crippen MR) is 164 cm³/mol. The number of ether oxygens (including phenoxy) is 2. The van der Waals surface area contributed by atoms with E-state index in [-0.39, 0.29) is 19.0 Å². The van der Waals surface area contributed by atoms with Gasteiger partial charge in [0.1, 0.15) is 25.1 Å². The molecular weight excluding hydrogens is 602 g/mol. The Morgan fingerprint density at radius 2 is 1.80 bits per heavy atom. The quantitative estimate of drug-likeness (QED) is 0.164. The molecule has 3 N–H and O–H groups in total. The van der Waals surface area contributed by atoms with E-state index in [1.54, 1.807) is 48.5 Å². The lowest BCUT2D eigenvalue weighted by molar-refractivity contribution is -0.142. The van der Waals surface area contributed by atoms with Crippen LogP contribution in [-0.2, 0) is 30.3 Å². The van der Waals surface area contributed by atoms with Gasteiger partial charge >= 0.3 is 12.1 Å². The number of hydrogen-bond donors (Lipinski definition) is 3. The van der Waals surface area contributed by atoms with Crippen molar-refractivity contribution in [3.63, 3.8) is 0 Å². The molecule has 3 amide bonds. The highest BCUT2D eigenvalue weighted by atomic mass is 35.5. The van der Waals surface area contributed by atoms with E-state index in [2.05, 4.69) is 31.5 Å². The lowest BCUT2D eigenvalue weighted by Crippen LogP contribution is -2.44. The molecule has 3 aromatic carbocycles. The Hall–Kier alpha value is -5.56. The Labute approximate surface area is 262 Å². The third-order valence-corrected chi connectivity index (χ3v) is 6.92. The van der Waals surface area contributed by atoms with Gasteiger partial charge < -0.3 is 20.1 Å². The van der Waals surface area contributed by atoms with Crippen molar-refractivity contribution < 1.29 is 28.7 Å². The number of nitrogens with one attached hydrogen (secondary N) is 3. The highest BCUT2D eigenvalue weighted by Crippen LogP contribution is 2.21. The van der Waals surface area contributed by atoms with E-state index in [4.69, 9.17) is 21.1 Å². The van der Waals surface area contributed by atoms with Gasteiger partial charge in [-0.25, -0.2) is 4.79 Å². The monoisotopic (exact) mass is 629 g/mol. The molecule has 0 radical (unpaired) electrons. The maximum absolute atomic E-state index is 13.4. The third kappa shape index (κ3) is 8.97. The number of nitrogens with zero attached hydrogens (tertiary/aromatic N) is 4. The summed E-state index contributed by atoms with van der Waals surface area (Å²) in [6.07, 6.45) is 4.21. The van der Waals surface area contributed by atoms with Gasteiger partial charge in [0, 0.05) is 40.9 Å². The third-order valence-electron chi connectivity index (χ3n) is 6.68. The molecule has 1 aromatic heterocycles. The van der Waals surface area contributed by atoms with Crippen LogP contribution in [0.25, 0.3) is 11.8 Å². The molecule has 1 saturated heterocycles. The topological polar surface area (TPSA) is 166 Å². The van der Waals surface area contributed by atoms with E-state index >= 15 is 0 Å². The van der Waals surface area contributed by atoms with Crippen LogP contribution in [0, 0.1) is 0 Å². The van der Waals surface area contributed by atoms with E-state index in [0.717, 1.165) is 5.56 Å². The zero-order valence-electron chi connectivity index (χ0n) is 23.8. The fourth-order valence-corrected chi connectivity index (χ4v) is 4.65. The Morgan fingerprint density at radius 1 is 1.04 bits per heavy atom. The van der Waals surface area contributed by atoms with Gasteiger partial charge in [-0.2, -0.15) is 4.68 Å². The molecule has 1 aliphatic rings. The van der Waals surface area contributed by atoms with Gasteiger partial charge in [-0.1, -0.05) is 41.9 Å². The van der Waals surface area contributed by atoms with Crippen LogP contribution < -0.4 is 16.0 Å². The largest absolute Gasteiger partial charge is 0.459 e. The van der Waals surface area contributed by atoms with Gasteiger partial charge in [-0.05, 0) is 71.0 Å². The molecule has 2 heterocycles. The van der Waals surface area contributed by atoms with Crippen LogP contribution in [0.15, 0.2) is 85.2 Å². The number of rotatable bonds is 11. The first kappa shape index (κ1) is 30.9. The van der Waals surface area contributed by atoms with Crippen molar-refractivity contribution in [3.8, 4) is 5.69 Å². The second-order valence-electron chi connectivity index (χ2n) is 9.98. The van der Waals surface area contributed by atoms with Gasteiger partial charge in [0.05, 0.1) is 5.69 Å². The number of carbonyl (C=O) groups is 4. The van der Waals surface area contributed by atoms with Crippen molar-refractivity contribution in [1.82, 2.24) is 25.5 Å². The molecule has 45 heavy (non-hydrogen) atoms. The standard InChI is InChI=1S/C31H28ClN7O6/c32-22-7-13-27(39-19-33-37-38-39)21(17-22)6-14-28(40)36-26(16-20-4-2-1-3-5-20)30(42)34-23-8-10-24(11-9-23)35-31(43)44-18-25-12-15-29(41)45-25/h1-11,13-14,17,19,25-26H,12,15-16,18H2,(H,34,42)(H,35,43)(H,36,40). The van der Waals surface area contributed by atoms with Crippen LogP contribution in [0.4, 0.5) is 16.2 Å². The molecule has 13 nitrogen and oxygen atoms in total. The number of aromatic nitrogens is 4. The molecule has 14 heteroatoms. The molecule has 1 aliphatic heterocycles. The van der Waals surface area contributed by atoms with Crippen LogP contribution in [0.5, 0.6) is 0 Å². The second kappa shape index (κ2) is 14.8. The first-order valence-electron chi connectivity index (χ1n) is 13.9. The van der Waals surface area contributed by atoms with Crippen LogP contribution in [0.3, 0.4) is 0 Å². The minimum Gasteiger partial charge on any atom is -0.459 e. The van der Waals surface area contributed by atoms with Crippen molar-refractivity contribution in [2.45, 2.75) is 31.4 Å². The Kier molecular flexibility index (Phi) is 10.1. The Morgan fingerprint density at radius 3 is 2.49 bits per heavy atom. The molecule has 230 valence electrons. The zero-order chi connectivity index (χ0) is 31.6. The smallest absolute Gasteiger partial charge is 0.411 e. The number of benzene rings is 3. The molecule has 0 saturated carbocycles. The minimum atomic E-state index is -0.916. The molecule has 0 bridgehead atoms. The molecule has 1 fully saturated rings. The fraction of sp³-hybridized carbons (Fsp3) is 0.194. The number of esters is 1. The van der Waals surface area contributed by atoms with E-state index in [0.29, 0.717) is 40.5 Å². The lowest BCUT2D eigenvalue weighted by atomic mass is 10.0. The average molecular weight is 630 g/mol. The minimum absolute atomic E-state index is 0.0328. The number of carbonyl (C=O) groups excluding carboxylic acids is 4. The average Bonchev–Trinajstić information content (AvgIpc) is 3.72. The maximum atomic E-state index is 13.4. The van der Waals surface area contributed by atoms with Crippen molar-refractivity contribution in [2.75, 3.05) is 17.2 Å².